The molecule has 0 saturated carbocycles. The normalized spacial score (nSPS) is 14.4. The molecule has 1 heterocycles. The van der Waals surface area contributed by atoms with Crippen LogP contribution in [-0.4, -0.2) is 52.9 Å². The van der Waals surface area contributed by atoms with E-state index in [2.05, 4.69) is 0 Å². The summed E-state index contributed by atoms with van der Waals surface area (Å²) in [5.41, 5.74) is 1.59. The highest BCUT2D eigenvalue weighted by molar-refractivity contribution is 6.35. The molecule has 1 aliphatic heterocycles. The number of phenolic OH excluding ortho intramolecular Hbond substituents is 1. The number of halogens is 2. The molecule has 7 heteroatoms. The molecule has 0 bridgehead atoms. The lowest BCUT2D eigenvalue weighted by Crippen LogP contribution is -2.50. The number of phenols is 1. The number of hydrogen-bond donors (Lipinski definition) is 1. The lowest BCUT2D eigenvalue weighted by Gasteiger charge is -2.35. The highest BCUT2D eigenvalue weighted by Gasteiger charge is 2.27. The molecular formula is C19H18Cl2N2O3. The fourth-order valence-electron chi connectivity index (χ4n) is 2.97. The van der Waals surface area contributed by atoms with Crippen LogP contribution >= 0.6 is 23.2 Å². The topological polar surface area (TPSA) is 60.9 Å². The molecule has 1 aliphatic rings. The molecule has 1 saturated heterocycles. The molecule has 0 spiro atoms. The van der Waals surface area contributed by atoms with Gasteiger partial charge in [-0.15, -0.1) is 0 Å². The summed E-state index contributed by atoms with van der Waals surface area (Å²) in [6.45, 7) is 3.45. The fraction of sp³-hybridized carbons (Fsp3) is 0.263. The van der Waals surface area contributed by atoms with Gasteiger partial charge in [-0.1, -0.05) is 29.3 Å². The third kappa shape index (κ3) is 3.94. The van der Waals surface area contributed by atoms with E-state index in [4.69, 9.17) is 23.2 Å². The van der Waals surface area contributed by atoms with Gasteiger partial charge in [-0.25, -0.2) is 0 Å². The summed E-state index contributed by atoms with van der Waals surface area (Å²) >= 11 is 11.9. The Bertz CT molecular complexity index is 842. The molecule has 2 aromatic carbocycles. The van der Waals surface area contributed by atoms with Gasteiger partial charge in [0.1, 0.15) is 5.75 Å². The SMILES string of the molecule is Cc1ccc(C(=O)N2CCN(C(=O)c3cc(Cl)cc(Cl)c3)CC2)c(O)c1. The zero-order chi connectivity index (χ0) is 18.8. The lowest BCUT2D eigenvalue weighted by molar-refractivity contribution is 0.0533. The fourth-order valence-corrected chi connectivity index (χ4v) is 3.49. The molecule has 2 aromatic rings. The van der Waals surface area contributed by atoms with Crippen LogP contribution in [0.3, 0.4) is 0 Å². The molecule has 0 unspecified atom stereocenters. The standard InChI is InChI=1S/C19H18Cl2N2O3/c1-12-2-3-16(17(24)8-12)19(26)23-6-4-22(5-7-23)18(25)13-9-14(20)11-15(21)10-13/h2-3,8-11,24H,4-7H2,1H3. The number of amides is 2. The summed E-state index contributed by atoms with van der Waals surface area (Å²) < 4.78 is 0. The van der Waals surface area contributed by atoms with Crippen LogP contribution in [0.5, 0.6) is 5.75 Å². The Morgan fingerprint density at radius 1 is 0.885 bits per heavy atom. The third-order valence-electron chi connectivity index (χ3n) is 4.35. The lowest BCUT2D eigenvalue weighted by atomic mass is 10.1. The second-order valence-corrected chi connectivity index (χ2v) is 7.14. The van der Waals surface area contributed by atoms with Crippen molar-refractivity contribution in [1.82, 2.24) is 9.80 Å². The molecule has 1 fully saturated rings. The minimum absolute atomic E-state index is 0.0259. The van der Waals surface area contributed by atoms with Crippen molar-refractivity contribution in [3.63, 3.8) is 0 Å². The quantitative estimate of drug-likeness (QED) is 0.848. The van der Waals surface area contributed by atoms with Gasteiger partial charge in [0.15, 0.2) is 0 Å². The van der Waals surface area contributed by atoms with E-state index in [0.717, 1.165) is 5.56 Å². The van der Waals surface area contributed by atoms with Crippen LogP contribution in [0.1, 0.15) is 26.3 Å². The minimum Gasteiger partial charge on any atom is -0.507 e. The molecule has 5 nitrogen and oxygen atoms in total. The summed E-state index contributed by atoms with van der Waals surface area (Å²) in [4.78, 5) is 28.5. The molecule has 136 valence electrons. The molecule has 26 heavy (non-hydrogen) atoms. The van der Waals surface area contributed by atoms with Crippen LogP contribution in [-0.2, 0) is 0 Å². The Hall–Kier alpha value is -2.24. The van der Waals surface area contributed by atoms with Crippen molar-refractivity contribution >= 4 is 35.0 Å². The number of benzene rings is 2. The maximum atomic E-state index is 12.6. The first-order valence-electron chi connectivity index (χ1n) is 8.19. The molecule has 2 amide bonds. The van der Waals surface area contributed by atoms with E-state index in [0.29, 0.717) is 41.8 Å². The summed E-state index contributed by atoms with van der Waals surface area (Å²) in [7, 11) is 0. The molecule has 0 radical (unpaired) electrons. The largest absolute Gasteiger partial charge is 0.507 e. The van der Waals surface area contributed by atoms with Crippen molar-refractivity contribution in [3.8, 4) is 5.75 Å². The maximum absolute atomic E-state index is 12.6. The van der Waals surface area contributed by atoms with Crippen molar-refractivity contribution in [1.29, 1.82) is 0 Å². The second kappa shape index (κ2) is 7.56. The van der Waals surface area contributed by atoms with Crippen LogP contribution in [0.2, 0.25) is 10.0 Å². The zero-order valence-corrected chi connectivity index (χ0v) is 15.7. The molecule has 1 N–H and O–H groups in total. The van der Waals surface area contributed by atoms with E-state index in [1.807, 2.05) is 6.92 Å². The van der Waals surface area contributed by atoms with Gasteiger partial charge in [0.05, 0.1) is 5.56 Å². The van der Waals surface area contributed by atoms with Crippen molar-refractivity contribution in [2.24, 2.45) is 0 Å². The van der Waals surface area contributed by atoms with Gasteiger partial charge in [-0.05, 0) is 42.8 Å². The van der Waals surface area contributed by atoms with Gasteiger partial charge < -0.3 is 14.9 Å². The zero-order valence-electron chi connectivity index (χ0n) is 14.2. The van der Waals surface area contributed by atoms with Gasteiger partial charge in [0.2, 0.25) is 0 Å². The predicted octanol–water partition coefficient (Wildman–Crippen LogP) is 3.61. The van der Waals surface area contributed by atoms with Gasteiger partial charge in [-0.2, -0.15) is 0 Å². The summed E-state index contributed by atoms with van der Waals surface area (Å²) in [5, 5.41) is 10.8. The summed E-state index contributed by atoms with van der Waals surface area (Å²) in [6.07, 6.45) is 0. The molecule has 0 aliphatic carbocycles. The van der Waals surface area contributed by atoms with E-state index in [9.17, 15) is 14.7 Å². The Kier molecular flexibility index (Phi) is 5.39. The Morgan fingerprint density at radius 2 is 1.42 bits per heavy atom. The van der Waals surface area contributed by atoms with Crippen LogP contribution < -0.4 is 0 Å². The number of carbonyl (C=O) groups is 2. The van der Waals surface area contributed by atoms with Gasteiger partial charge in [0, 0.05) is 41.8 Å². The average Bonchev–Trinajstić information content (AvgIpc) is 2.60. The van der Waals surface area contributed by atoms with Crippen molar-refractivity contribution in [2.45, 2.75) is 6.92 Å². The third-order valence-corrected chi connectivity index (χ3v) is 4.78. The maximum Gasteiger partial charge on any atom is 0.257 e. The average molecular weight is 393 g/mol. The van der Waals surface area contributed by atoms with E-state index < -0.39 is 0 Å². The molecule has 3 rings (SSSR count). The smallest absolute Gasteiger partial charge is 0.257 e. The van der Waals surface area contributed by atoms with Crippen molar-refractivity contribution in [2.75, 3.05) is 26.2 Å². The van der Waals surface area contributed by atoms with Crippen molar-refractivity contribution in [3.05, 3.63) is 63.1 Å². The van der Waals surface area contributed by atoms with Gasteiger partial charge >= 0.3 is 0 Å². The first kappa shape index (κ1) is 18.5. The Balaban J connectivity index is 1.67. The van der Waals surface area contributed by atoms with Gasteiger partial charge in [-0.3, -0.25) is 9.59 Å². The van der Waals surface area contributed by atoms with E-state index in [-0.39, 0.29) is 23.1 Å². The number of aromatic hydroxyl groups is 1. The van der Waals surface area contributed by atoms with Crippen LogP contribution in [0.4, 0.5) is 0 Å². The summed E-state index contributed by atoms with van der Waals surface area (Å²) in [5.74, 6) is -0.429. The van der Waals surface area contributed by atoms with Crippen molar-refractivity contribution < 1.29 is 14.7 Å². The number of nitrogens with zero attached hydrogens (tertiary/aromatic N) is 2. The van der Waals surface area contributed by atoms with E-state index in [1.165, 1.54) is 0 Å². The van der Waals surface area contributed by atoms with Crippen LogP contribution in [0.25, 0.3) is 0 Å². The first-order valence-corrected chi connectivity index (χ1v) is 8.95. The summed E-state index contributed by atoms with van der Waals surface area (Å²) in [6, 6.07) is 9.71. The highest BCUT2D eigenvalue weighted by atomic mass is 35.5. The first-order chi connectivity index (χ1) is 12.3. The van der Waals surface area contributed by atoms with Gasteiger partial charge in [0.25, 0.3) is 11.8 Å². The Morgan fingerprint density at radius 3 is 1.96 bits per heavy atom. The van der Waals surface area contributed by atoms with Crippen LogP contribution in [0, 0.1) is 6.92 Å². The monoisotopic (exact) mass is 392 g/mol. The Labute approximate surface area is 161 Å². The van der Waals surface area contributed by atoms with E-state index in [1.54, 1.807) is 46.2 Å². The van der Waals surface area contributed by atoms with E-state index >= 15 is 0 Å². The number of aryl methyl sites for hydroxylation is 1. The minimum atomic E-state index is -0.236. The highest BCUT2D eigenvalue weighted by Crippen LogP contribution is 2.23. The number of carbonyl (C=O) groups excluding carboxylic acids is 2. The second-order valence-electron chi connectivity index (χ2n) is 6.26. The number of hydrogen-bond acceptors (Lipinski definition) is 3. The number of rotatable bonds is 2. The molecular weight excluding hydrogens is 375 g/mol. The molecule has 0 atom stereocenters. The number of piperazine rings is 1. The predicted molar refractivity (Wildman–Crippen MR) is 101 cm³/mol. The van der Waals surface area contributed by atoms with Crippen LogP contribution in [0.15, 0.2) is 36.4 Å². The molecule has 0 aromatic heterocycles.